The second kappa shape index (κ2) is 7.94. The highest BCUT2D eigenvalue weighted by Crippen LogP contribution is 2.24. The Balaban J connectivity index is 1.76. The second-order valence-electron chi connectivity index (χ2n) is 5.45. The molecule has 126 valence electrons. The highest BCUT2D eigenvalue weighted by molar-refractivity contribution is 9.10. The van der Waals surface area contributed by atoms with Crippen LogP contribution in [0, 0.1) is 0 Å². The van der Waals surface area contributed by atoms with Gasteiger partial charge in [0.05, 0.1) is 11.9 Å². The van der Waals surface area contributed by atoms with E-state index in [4.69, 9.17) is 0 Å². The predicted octanol–water partition coefficient (Wildman–Crippen LogP) is 5.25. The summed E-state index contributed by atoms with van der Waals surface area (Å²) in [6.07, 6.45) is 1.73. The number of rotatable bonds is 5. The molecule has 4 nitrogen and oxygen atoms in total. The lowest BCUT2D eigenvalue weighted by Crippen LogP contribution is -2.17. The average molecular weight is 396 g/mol. The summed E-state index contributed by atoms with van der Waals surface area (Å²) in [6, 6.07) is 21.2. The van der Waals surface area contributed by atoms with Crippen LogP contribution < -0.4 is 10.2 Å². The van der Waals surface area contributed by atoms with E-state index in [1.165, 1.54) is 0 Å². The minimum atomic E-state index is -0.229. The zero-order chi connectivity index (χ0) is 17.6. The zero-order valence-corrected chi connectivity index (χ0v) is 15.4. The molecule has 0 fully saturated rings. The summed E-state index contributed by atoms with van der Waals surface area (Å²) in [4.78, 5) is 18.8. The van der Waals surface area contributed by atoms with Crippen LogP contribution in [-0.4, -0.2) is 17.4 Å². The number of carbonyl (C=O) groups is 1. The van der Waals surface area contributed by atoms with Gasteiger partial charge in [0.1, 0.15) is 5.69 Å². The number of carbonyl (C=O) groups excluding carboxylic acids is 1. The molecule has 5 heteroatoms. The maximum Gasteiger partial charge on any atom is 0.274 e. The Bertz CT molecular complexity index is 850. The summed E-state index contributed by atoms with van der Waals surface area (Å²) in [7, 11) is 0. The van der Waals surface area contributed by atoms with Crippen molar-refractivity contribution in [3.8, 4) is 0 Å². The van der Waals surface area contributed by atoms with E-state index in [0.717, 1.165) is 28.1 Å². The van der Waals surface area contributed by atoms with Gasteiger partial charge in [0.2, 0.25) is 0 Å². The van der Waals surface area contributed by atoms with Gasteiger partial charge in [-0.2, -0.15) is 0 Å². The lowest BCUT2D eigenvalue weighted by molar-refractivity contribution is 0.102. The van der Waals surface area contributed by atoms with Crippen LogP contribution in [0.25, 0.3) is 0 Å². The summed E-state index contributed by atoms with van der Waals surface area (Å²) < 4.78 is 0.912. The van der Waals surface area contributed by atoms with Gasteiger partial charge in [0, 0.05) is 22.4 Å². The predicted molar refractivity (Wildman–Crippen MR) is 105 cm³/mol. The van der Waals surface area contributed by atoms with E-state index in [1.54, 1.807) is 12.3 Å². The molecule has 0 saturated carbocycles. The lowest BCUT2D eigenvalue weighted by atomic mass is 10.2. The average Bonchev–Trinajstić information content (AvgIpc) is 2.64. The van der Waals surface area contributed by atoms with Gasteiger partial charge < -0.3 is 10.2 Å². The number of pyridine rings is 1. The van der Waals surface area contributed by atoms with E-state index in [1.807, 2.05) is 48.5 Å². The van der Waals surface area contributed by atoms with Crippen LogP contribution in [0.15, 0.2) is 77.4 Å². The molecule has 1 N–H and O–H groups in total. The first-order valence-corrected chi connectivity index (χ1v) is 8.82. The van der Waals surface area contributed by atoms with Crippen molar-refractivity contribution in [2.75, 3.05) is 16.8 Å². The second-order valence-corrected chi connectivity index (χ2v) is 6.36. The summed E-state index contributed by atoms with van der Waals surface area (Å²) in [5.74, 6) is -0.229. The molecule has 1 amide bonds. The molecule has 1 heterocycles. The molecule has 0 unspecified atom stereocenters. The highest BCUT2D eigenvalue weighted by atomic mass is 79.9. The van der Waals surface area contributed by atoms with Gasteiger partial charge in [-0.25, -0.2) is 4.98 Å². The zero-order valence-electron chi connectivity index (χ0n) is 13.8. The van der Waals surface area contributed by atoms with Crippen LogP contribution in [0.1, 0.15) is 17.4 Å². The van der Waals surface area contributed by atoms with Gasteiger partial charge in [0.25, 0.3) is 5.91 Å². The van der Waals surface area contributed by atoms with Crippen LogP contribution in [0.5, 0.6) is 0 Å². The molecule has 0 atom stereocenters. The summed E-state index contributed by atoms with van der Waals surface area (Å²) in [5.41, 5.74) is 3.16. The van der Waals surface area contributed by atoms with Gasteiger partial charge in [-0.3, -0.25) is 4.79 Å². The Hall–Kier alpha value is -2.66. The third kappa shape index (κ3) is 4.25. The third-order valence-corrected chi connectivity index (χ3v) is 4.25. The number of nitrogens with zero attached hydrogens (tertiary/aromatic N) is 2. The molecule has 3 aromatic rings. The van der Waals surface area contributed by atoms with Gasteiger partial charge in [-0.05, 0) is 49.4 Å². The van der Waals surface area contributed by atoms with E-state index in [-0.39, 0.29) is 5.91 Å². The topological polar surface area (TPSA) is 45.2 Å². The SMILES string of the molecule is CCN(c1ccccc1)c1ccc(C(=O)Nc2cccc(Br)c2)nc1. The molecule has 0 radical (unpaired) electrons. The smallest absolute Gasteiger partial charge is 0.274 e. The quantitative estimate of drug-likeness (QED) is 0.640. The summed E-state index contributed by atoms with van der Waals surface area (Å²) >= 11 is 3.39. The molecule has 1 aromatic heterocycles. The Morgan fingerprint density at radius 2 is 1.84 bits per heavy atom. The van der Waals surface area contributed by atoms with Crippen LogP contribution in [0.4, 0.5) is 17.1 Å². The van der Waals surface area contributed by atoms with Crippen molar-refractivity contribution in [2.45, 2.75) is 6.92 Å². The summed E-state index contributed by atoms with van der Waals surface area (Å²) in [6.45, 7) is 2.90. The maximum absolute atomic E-state index is 12.3. The molecular formula is C20H18BrN3O. The first kappa shape index (κ1) is 17.2. The van der Waals surface area contributed by atoms with Gasteiger partial charge >= 0.3 is 0 Å². The lowest BCUT2D eigenvalue weighted by Gasteiger charge is -2.22. The number of hydrogen-bond donors (Lipinski definition) is 1. The van der Waals surface area contributed by atoms with Crippen LogP contribution in [-0.2, 0) is 0 Å². The summed E-state index contributed by atoms with van der Waals surface area (Å²) in [5, 5.41) is 2.85. The van der Waals surface area contributed by atoms with E-state index < -0.39 is 0 Å². The van der Waals surface area contributed by atoms with Crippen molar-refractivity contribution in [1.29, 1.82) is 0 Å². The number of aromatic nitrogens is 1. The van der Waals surface area contributed by atoms with Crippen molar-refractivity contribution in [2.24, 2.45) is 0 Å². The number of para-hydroxylation sites is 1. The number of halogens is 1. The normalized spacial score (nSPS) is 10.3. The van der Waals surface area contributed by atoms with Gasteiger partial charge in [0.15, 0.2) is 0 Å². The van der Waals surface area contributed by atoms with Crippen LogP contribution >= 0.6 is 15.9 Å². The number of amides is 1. The van der Waals surface area contributed by atoms with Crippen LogP contribution in [0.3, 0.4) is 0 Å². The van der Waals surface area contributed by atoms with E-state index in [0.29, 0.717) is 5.69 Å². The number of hydrogen-bond acceptors (Lipinski definition) is 3. The molecule has 0 aliphatic heterocycles. The van der Waals surface area contributed by atoms with Crippen molar-refractivity contribution < 1.29 is 4.79 Å². The van der Waals surface area contributed by atoms with Crippen molar-refractivity contribution in [3.05, 3.63) is 83.1 Å². The van der Waals surface area contributed by atoms with Gasteiger partial charge in [-0.15, -0.1) is 0 Å². The fourth-order valence-corrected chi connectivity index (χ4v) is 2.96. The Morgan fingerprint density at radius 1 is 1.04 bits per heavy atom. The monoisotopic (exact) mass is 395 g/mol. The molecule has 0 spiro atoms. The largest absolute Gasteiger partial charge is 0.341 e. The highest BCUT2D eigenvalue weighted by Gasteiger charge is 2.11. The molecule has 0 bridgehead atoms. The molecule has 0 saturated heterocycles. The Labute approximate surface area is 155 Å². The molecule has 25 heavy (non-hydrogen) atoms. The fourth-order valence-electron chi connectivity index (χ4n) is 2.56. The maximum atomic E-state index is 12.3. The first-order chi connectivity index (χ1) is 12.2. The molecule has 0 aliphatic carbocycles. The molecule has 2 aromatic carbocycles. The third-order valence-electron chi connectivity index (χ3n) is 3.76. The first-order valence-electron chi connectivity index (χ1n) is 8.03. The molecule has 3 rings (SSSR count). The van der Waals surface area contributed by atoms with E-state index in [9.17, 15) is 4.79 Å². The standard InChI is InChI=1S/C20H18BrN3O/c1-2-24(17-9-4-3-5-10-17)18-11-12-19(22-14-18)20(25)23-16-8-6-7-15(21)13-16/h3-14H,2H2,1H3,(H,23,25). The number of nitrogens with one attached hydrogen (secondary N) is 1. The Kier molecular flexibility index (Phi) is 5.46. The number of anilines is 3. The fraction of sp³-hybridized carbons (Fsp3) is 0.100. The van der Waals surface area contributed by atoms with Crippen LogP contribution in [0.2, 0.25) is 0 Å². The van der Waals surface area contributed by atoms with Crippen molar-refractivity contribution >= 4 is 38.9 Å². The van der Waals surface area contributed by atoms with Crippen molar-refractivity contribution in [1.82, 2.24) is 4.98 Å². The van der Waals surface area contributed by atoms with E-state index >= 15 is 0 Å². The minimum Gasteiger partial charge on any atom is -0.341 e. The minimum absolute atomic E-state index is 0.229. The van der Waals surface area contributed by atoms with Gasteiger partial charge in [-0.1, -0.05) is 40.2 Å². The Morgan fingerprint density at radius 3 is 2.48 bits per heavy atom. The molecule has 0 aliphatic rings. The molecular weight excluding hydrogens is 378 g/mol. The number of benzene rings is 2. The van der Waals surface area contributed by atoms with Crippen molar-refractivity contribution in [3.63, 3.8) is 0 Å². The van der Waals surface area contributed by atoms with E-state index in [2.05, 4.69) is 50.2 Å².